The second-order valence-electron chi connectivity index (χ2n) is 8.17. The number of rotatable bonds is 12. The number of sulfone groups is 1. The number of carbonyl (C=O) groups excluding carboxylic acids is 1. The number of thiazole rings is 1. The first-order valence-corrected chi connectivity index (χ1v) is 15.4. The van der Waals surface area contributed by atoms with E-state index in [0.29, 0.717) is 30.3 Å². The summed E-state index contributed by atoms with van der Waals surface area (Å²) in [6, 6.07) is 14.6. The maximum absolute atomic E-state index is 12.0. The van der Waals surface area contributed by atoms with Crippen molar-refractivity contribution >= 4 is 47.5 Å². The molecule has 1 amide bonds. The standard InChI is InChI=1S/C22H24N6O7S3/c1-37(30,31)22(28-38(23,32)33)21-27-26-18(35-21)12-19-25-16-8-7-14(11-17(16)36-19)13-34-10-9-24-20(29)15-5-3-2-4-6-15/h2-8,11,22,28H,9-10,12-13H2,1H3,(H,24,29)(H2,23,32,33). The molecular weight excluding hydrogens is 556 g/mol. The summed E-state index contributed by atoms with van der Waals surface area (Å²) >= 11 is 1.38. The predicted molar refractivity (Wildman–Crippen MR) is 139 cm³/mol. The van der Waals surface area contributed by atoms with Crippen LogP contribution in [0.4, 0.5) is 0 Å². The normalized spacial score (nSPS) is 13.0. The number of benzene rings is 2. The van der Waals surface area contributed by atoms with Crippen molar-refractivity contribution in [1.29, 1.82) is 0 Å². The summed E-state index contributed by atoms with van der Waals surface area (Å²) in [6.07, 6.45) is 0.931. The molecule has 16 heteroatoms. The Kier molecular flexibility index (Phi) is 8.49. The zero-order chi connectivity index (χ0) is 27.3. The van der Waals surface area contributed by atoms with Crippen molar-refractivity contribution in [2.24, 2.45) is 5.14 Å². The van der Waals surface area contributed by atoms with Crippen LogP contribution in [0, 0.1) is 0 Å². The molecule has 4 N–H and O–H groups in total. The number of nitrogens with one attached hydrogen (secondary N) is 2. The summed E-state index contributed by atoms with van der Waals surface area (Å²) in [5.74, 6) is -0.546. The van der Waals surface area contributed by atoms with Crippen LogP contribution < -0.4 is 15.2 Å². The van der Waals surface area contributed by atoms with Gasteiger partial charge in [0.1, 0.15) is 5.01 Å². The lowest BCUT2D eigenvalue weighted by atomic mass is 10.2. The lowest BCUT2D eigenvalue weighted by Crippen LogP contribution is -2.38. The quantitative estimate of drug-likeness (QED) is 0.204. The second-order valence-corrected chi connectivity index (χ2v) is 12.7. The van der Waals surface area contributed by atoms with E-state index in [1.165, 1.54) is 11.3 Å². The van der Waals surface area contributed by atoms with Crippen molar-refractivity contribution in [2.75, 3.05) is 19.4 Å². The molecule has 4 aromatic rings. The average molecular weight is 581 g/mol. The third kappa shape index (κ3) is 7.62. The molecule has 2 aromatic heterocycles. The molecule has 0 fully saturated rings. The molecule has 0 saturated carbocycles. The van der Waals surface area contributed by atoms with Gasteiger partial charge >= 0.3 is 0 Å². The van der Waals surface area contributed by atoms with Crippen LogP contribution >= 0.6 is 11.3 Å². The number of fused-ring (bicyclic) bond motifs is 1. The van der Waals surface area contributed by atoms with Gasteiger partial charge in [0.15, 0.2) is 9.84 Å². The summed E-state index contributed by atoms with van der Waals surface area (Å²) in [5.41, 5.74) is 2.26. The van der Waals surface area contributed by atoms with Gasteiger partial charge in [-0.15, -0.1) is 21.5 Å². The van der Waals surface area contributed by atoms with Gasteiger partial charge in [-0.2, -0.15) is 13.1 Å². The van der Waals surface area contributed by atoms with Crippen LogP contribution in [0.2, 0.25) is 0 Å². The predicted octanol–water partition coefficient (Wildman–Crippen LogP) is 1.05. The van der Waals surface area contributed by atoms with Gasteiger partial charge < -0.3 is 14.5 Å². The average Bonchev–Trinajstić information content (AvgIpc) is 3.47. The number of nitrogens with two attached hydrogens (primary N) is 1. The Morgan fingerprint density at radius 3 is 2.61 bits per heavy atom. The van der Waals surface area contributed by atoms with Gasteiger partial charge in [-0.05, 0) is 29.8 Å². The van der Waals surface area contributed by atoms with Crippen molar-refractivity contribution in [1.82, 2.24) is 25.2 Å². The minimum absolute atomic E-state index is 0.0602. The number of hydrogen-bond acceptors (Lipinski definition) is 11. The van der Waals surface area contributed by atoms with E-state index < -0.39 is 31.3 Å². The summed E-state index contributed by atoms with van der Waals surface area (Å²) in [7, 11) is -8.32. The third-order valence-electron chi connectivity index (χ3n) is 5.04. The molecule has 38 heavy (non-hydrogen) atoms. The molecule has 2 aromatic carbocycles. The zero-order valence-corrected chi connectivity index (χ0v) is 22.5. The molecule has 0 saturated heterocycles. The van der Waals surface area contributed by atoms with Crippen molar-refractivity contribution in [3.63, 3.8) is 0 Å². The fraction of sp³-hybridized carbons (Fsp3) is 0.273. The van der Waals surface area contributed by atoms with Gasteiger partial charge in [0.2, 0.25) is 17.2 Å². The van der Waals surface area contributed by atoms with E-state index in [1.807, 2.05) is 24.3 Å². The van der Waals surface area contributed by atoms with Crippen LogP contribution in [0.25, 0.3) is 10.2 Å². The highest BCUT2D eigenvalue weighted by Gasteiger charge is 2.32. The van der Waals surface area contributed by atoms with Gasteiger partial charge in [-0.25, -0.2) is 18.5 Å². The van der Waals surface area contributed by atoms with Crippen LogP contribution in [0.15, 0.2) is 52.9 Å². The maximum atomic E-state index is 12.0. The van der Waals surface area contributed by atoms with E-state index in [1.54, 1.807) is 29.0 Å². The molecule has 202 valence electrons. The van der Waals surface area contributed by atoms with Crippen LogP contribution in [0.1, 0.15) is 38.1 Å². The molecule has 13 nitrogen and oxygen atoms in total. The van der Waals surface area contributed by atoms with Crippen molar-refractivity contribution in [3.05, 3.63) is 76.4 Å². The van der Waals surface area contributed by atoms with E-state index in [-0.39, 0.29) is 18.2 Å². The molecular formula is C22H24N6O7S3. The Labute approximate surface area is 222 Å². The summed E-state index contributed by atoms with van der Waals surface area (Å²) in [6.45, 7) is 1.07. The first-order valence-electron chi connectivity index (χ1n) is 11.1. The molecule has 1 atom stereocenters. The van der Waals surface area contributed by atoms with E-state index in [4.69, 9.17) is 14.3 Å². The summed E-state index contributed by atoms with van der Waals surface area (Å²) in [4.78, 5) is 16.6. The van der Waals surface area contributed by atoms with E-state index in [2.05, 4.69) is 20.5 Å². The summed E-state index contributed by atoms with van der Waals surface area (Å²) < 4.78 is 60.4. The number of hydrogen-bond donors (Lipinski definition) is 3. The van der Waals surface area contributed by atoms with Crippen molar-refractivity contribution < 1.29 is 30.8 Å². The van der Waals surface area contributed by atoms with Gasteiger partial charge in [-0.1, -0.05) is 24.3 Å². The zero-order valence-electron chi connectivity index (χ0n) is 20.0. The molecule has 0 spiro atoms. The Morgan fingerprint density at radius 1 is 1.13 bits per heavy atom. The topological polar surface area (TPSA) is 196 Å². The fourth-order valence-electron chi connectivity index (χ4n) is 3.34. The minimum atomic E-state index is -4.35. The van der Waals surface area contributed by atoms with Crippen LogP contribution in [-0.2, 0) is 37.8 Å². The van der Waals surface area contributed by atoms with E-state index in [9.17, 15) is 21.6 Å². The van der Waals surface area contributed by atoms with Gasteiger partial charge in [0, 0.05) is 18.4 Å². The number of carbonyl (C=O) groups is 1. The lowest BCUT2D eigenvalue weighted by molar-refractivity contribution is 0.0901. The maximum Gasteiger partial charge on any atom is 0.275 e. The van der Waals surface area contributed by atoms with Crippen LogP contribution in [0.3, 0.4) is 0 Å². The first kappa shape index (κ1) is 27.7. The highest BCUT2D eigenvalue weighted by Crippen LogP contribution is 2.26. The Hall–Kier alpha value is -3.28. The van der Waals surface area contributed by atoms with E-state index >= 15 is 0 Å². The van der Waals surface area contributed by atoms with Crippen LogP contribution in [-0.4, -0.2) is 57.3 Å². The Morgan fingerprint density at radius 2 is 1.89 bits per heavy atom. The first-order chi connectivity index (χ1) is 18.0. The minimum Gasteiger partial charge on any atom is -0.422 e. The lowest BCUT2D eigenvalue weighted by Gasteiger charge is -2.10. The molecule has 4 rings (SSSR count). The Bertz CT molecular complexity index is 1640. The third-order valence-corrected chi connectivity index (χ3v) is 7.95. The number of aromatic nitrogens is 3. The van der Waals surface area contributed by atoms with Crippen LogP contribution in [0.5, 0.6) is 0 Å². The fourth-order valence-corrected chi connectivity index (χ4v) is 6.33. The molecule has 1 unspecified atom stereocenters. The number of amides is 1. The monoisotopic (exact) mass is 580 g/mol. The van der Waals surface area contributed by atoms with E-state index in [0.717, 1.165) is 22.0 Å². The Balaban J connectivity index is 1.33. The second kappa shape index (κ2) is 11.6. The SMILES string of the molecule is CS(=O)(=O)C(NS(N)(=O)=O)c1nnc(Cc2nc3ccc(COCCNC(=O)c4ccccc4)cc3s2)o1. The van der Waals surface area contributed by atoms with Gasteiger partial charge in [0.25, 0.3) is 16.1 Å². The van der Waals surface area contributed by atoms with Gasteiger partial charge in [-0.3, -0.25) is 4.79 Å². The smallest absolute Gasteiger partial charge is 0.275 e. The highest BCUT2D eigenvalue weighted by atomic mass is 32.2. The molecule has 0 bridgehead atoms. The van der Waals surface area contributed by atoms with Crippen molar-refractivity contribution in [3.8, 4) is 0 Å². The van der Waals surface area contributed by atoms with Gasteiger partial charge in [0.05, 0.1) is 29.9 Å². The number of ether oxygens (including phenoxy) is 1. The molecule has 0 aliphatic rings. The van der Waals surface area contributed by atoms with Crippen molar-refractivity contribution in [2.45, 2.75) is 18.4 Å². The highest BCUT2D eigenvalue weighted by molar-refractivity contribution is 7.92. The molecule has 2 heterocycles. The summed E-state index contributed by atoms with van der Waals surface area (Å²) in [5, 5.41) is 14.0. The largest absolute Gasteiger partial charge is 0.422 e. The molecule has 0 radical (unpaired) electrons. The molecule has 0 aliphatic heterocycles. The number of nitrogens with zero attached hydrogens (tertiary/aromatic N) is 3. The molecule has 0 aliphatic carbocycles.